The number of aryl methyl sites for hydroxylation is 3. The molecule has 0 radical (unpaired) electrons. The van der Waals surface area contributed by atoms with Crippen molar-refractivity contribution in [1.29, 1.82) is 5.26 Å². The molecule has 0 saturated carbocycles. The Kier molecular flexibility index (Phi) is 3.06. The molecule has 0 unspecified atom stereocenters. The number of furan rings is 1. The molecule has 0 amide bonds. The molecule has 82 valence electrons. The summed E-state index contributed by atoms with van der Waals surface area (Å²) in [7, 11) is 0. The Balaban J connectivity index is 2.00. The molecular formula is C12H12N2O2. The van der Waals surface area contributed by atoms with Crippen molar-refractivity contribution in [2.45, 2.75) is 26.2 Å². The first kappa shape index (κ1) is 10.5. The van der Waals surface area contributed by atoms with Gasteiger partial charge in [0.05, 0.1) is 24.4 Å². The molecule has 0 bridgehead atoms. The standard InChI is InChI=1S/C12H12N2O2/c1-9-11(6-7-13)14-12(16-9)5-4-10-3-2-8-15-10/h2-3,8H,4-6H2,1H3. The molecule has 0 aliphatic rings. The van der Waals surface area contributed by atoms with Crippen molar-refractivity contribution in [1.82, 2.24) is 4.98 Å². The smallest absolute Gasteiger partial charge is 0.195 e. The van der Waals surface area contributed by atoms with Gasteiger partial charge in [-0.25, -0.2) is 4.98 Å². The first-order valence-corrected chi connectivity index (χ1v) is 5.14. The number of rotatable bonds is 4. The monoisotopic (exact) mass is 216 g/mol. The predicted octanol–water partition coefficient (Wildman–Crippen LogP) is 2.43. The zero-order valence-electron chi connectivity index (χ0n) is 9.06. The minimum Gasteiger partial charge on any atom is -0.469 e. The van der Waals surface area contributed by atoms with E-state index in [1.807, 2.05) is 19.1 Å². The summed E-state index contributed by atoms with van der Waals surface area (Å²) in [5.74, 6) is 2.31. The molecule has 2 aromatic rings. The van der Waals surface area contributed by atoms with Crippen LogP contribution in [0.5, 0.6) is 0 Å². The minimum absolute atomic E-state index is 0.302. The number of hydrogen-bond acceptors (Lipinski definition) is 4. The quantitative estimate of drug-likeness (QED) is 0.787. The summed E-state index contributed by atoms with van der Waals surface area (Å²) in [6.07, 6.45) is 3.41. The number of aromatic nitrogens is 1. The molecule has 16 heavy (non-hydrogen) atoms. The van der Waals surface area contributed by atoms with Crippen molar-refractivity contribution >= 4 is 0 Å². The Morgan fingerprint density at radius 3 is 3.00 bits per heavy atom. The lowest BCUT2D eigenvalue weighted by atomic mass is 10.2. The van der Waals surface area contributed by atoms with E-state index < -0.39 is 0 Å². The third kappa shape index (κ3) is 2.31. The Morgan fingerprint density at radius 2 is 2.31 bits per heavy atom. The van der Waals surface area contributed by atoms with Gasteiger partial charge in [0.1, 0.15) is 11.5 Å². The van der Waals surface area contributed by atoms with Gasteiger partial charge >= 0.3 is 0 Å². The maximum absolute atomic E-state index is 8.59. The summed E-state index contributed by atoms with van der Waals surface area (Å²) >= 11 is 0. The fraction of sp³-hybridized carbons (Fsp3) is 0.333. The molecule has 0 N–H and O–H groups in total. The second kappa shape index (κ2) is 4.67. The van der Waals surface area contributed by atoms with Gasteiger partial charge in [-0.2, -0.15) is 5.26 Å². The first-order chi connectivity index (χ1) is 7.79. The zero-order chi connectivity index (χ0) is 11.4. The predicted molar refractivity (Wildman–Crippen MR) is 56.7 cm³/mol. The van der Waals surface area contributed by atoms with Gasteiger partial charge in [0.25, 0.3) is 0 Å². The van der Waals surface area contributed by atoms with Crippen molar-refractivity contribution in [3.63, 3.8) is 0 Å². The average Bonchev–Trinajstić information content (AvgIpc) is 2.87. The van der Waals surface area contributed by atoms with Crippen LogP contribution in [0.3, 0.4) is 0 Å². The number of nitrogens with zero attached hydrogens (tertiary/aromatic N) is 2. The molecule has 4 nitrogen and oxygen atoms in total. The lowest BCUT2D eigenvalue weighted by Gasteiger charge is -1.92. The second-order valence-corrected chi connectivity index (χ2v) is 3.52. The normalized spacial score (nSPS) is 10.2. The lowest BCUT2D eigenvalue weighted by molar-refractivity contribution is 0.451. The third-order valence-corrected chi connectivity index (χ3v) is 2.35. The SMILES string of the molecule is Cc1oc(CCc2ccco2)nc1CC#N. The first-order valence-electron chi connectivity index (χ1n) is 5.14. The van der Waals surface area contributed by atoms with Gasteiger partial charge < -0.3 is 8.83 Å². The third-order valence-electron chi connectivity index (χ3n) is 2.35. The Morgan fingerprint density at radius 1 is 1.44 bits per heavy atom. The van der Waals surface area contributed by atoms with Crippen LogP contribution in [-0.4, -0.2) is 4.98 Å². The van der Waals surface area contributed by atoms with Crippen LogP contribution in [0, 0.1) is 18.3 Å². The molecule has 2 heterocycles. The molecule has 0 aromatic carbocycles. The van der Waals surface area contributed by atoms with Crippen molar-refractivity contribution in [3.05, 3.63) is 41.5 Å². The van der Waals surface area contributed by atoms with Crippen LogP contribution in [0.25, 0.3) is 0 Å². The summed E-state index contributed by atoms with van der Waals surface area (Å²) in [4.78, 5) is 4.27. The molecule has 0 aliphatic carbocycles. The van der Waals surface area contributed by atoms with Crippen LogP contribution in [0.15, 0.2) is 27.2 Å². The number of oxazole rings is 1. The highest BCUT2D eigenvalue weighted by Gasteiger charge is 2.09. The van der Waals surface area contributed by atoms with Crippen molar-refractivity contribution in [2.24, 2.45) is 0 Å². The van der Waals surface area contributed by atoms with E-state index in [1.165, 1.54) is 0 Å². The van der Waals surface area contributed by atoms with E-state index in [9.17, 15) is 0 Å². The fourth-order valence-corrected chi connectivity index (χ4v) is 1.52. The molecule has 0 aliphatic heterocycles. The van der Waals surface area contributed by atoms with Gasteiger partial charge in [0.15, 0.2) is 5.89 Å². The molecule has 0 atom stereocenters. The number of nitriles is 1. The summed E-state index contributed by atoms with van der Waals surface area (Å²) in [6, 6.07) is 5.85. The average molecular weight is 216 g/mol. The highest BCUT2D eigenvalue weighted by Crippen LogP contribution is 2.13. The largest absolute Gasteiger partial charge is 0.469 e. The van der Waals surface area contributed by atoms with Crippen molar-refractivity contribution in [3.8, 4) is 6.07 Å². The number of hydrogen-bond donors (Lipinski definition) is 0. The Labute approximate surface area is 93.5 Å². The fourth-order valence-electron chi connectivity index (χ4n) is 1.52. The van der Waals surface area contributed by atoms with E-state index >= 15 is 0 Å². The maximum Gasteiger partial charge on any atom is 0.195 e. The molecule has 0 fully saturated rings. The summed E-state index contributed by atoms with van der Waals surface area (Å²) in [6.45, 7) is 1.83. The lowest BCUT2D eigenvalue weighted by Crippen LogP contribution is -1.90. The highest BCUT2D eigenvalue weighted by molar-refractivity contribution is 5.13. The Bertz CT molecular complexity index is 492. The Hall–Kier alpha value is -2.02. The van der Waals surface area contributed by atoms with E-state index in [4.69, 9.17) is 14.1 Å². The highest BCUT2D eigenvalue weighted by atomic mass is 16.4. The van der Waals surface area contributed by atoms with Crippen LogP contribution in [0.1, 0.15) is 23.1 Å². The molecule has 0 spiro atoms. The minimum atomic E-state index is 0.302. The maximum atomic E-state index is 8.59. The summed E-state index contributed by atoms with van der Waals surface area (Å²) in [5, 5.41) is 8.59. The van der Waals surface area contributed by atoms with E-state index in [1.54, 1.807) is 6.26 Å². The van der Waals surface area contributed by atoms with E-state index in [2.05, 4.69) is 11.1 Å². The van der Waals surface area contributed by atoms with Gasteiger partial charge in [-0.1, -0.05) is 0 Å². The molecule has 2 aromatic heterocycles. The van der Waals surface area contributed by atoms with Gasteiger partial charge in [0, 0.05) is 12.8 Å². The van der Waals surface area contributed by atoms with Gasteiger partial charge in [-0.05, 0) is 19.1 Å². The van der Waals surface area contributed by atoms with Crippen molar-refractivity contribution in [2.75, 3.05) is 0 Å². The molecule has 4 heteroatoms. The van der Waals surface area contributed by atoms with Crippen LogP contribution in [0.4, 0.5) is 0 Å². The van der Waals surface area contributed by atoms with Crippen LogP contribution in [-0.2, 0) is 19.3 Å². The van der Waals surface area contributed by atoms with Crippen LogP contribution >= 0.6 is 0 Å². The second-order valence-electron chi connectivity index (χ2n) is 3.52. The van der Waals surface area contributed by atoms with Gasteiger partial charge in [-0.3, -0.25) is 0 Å². The molecule has 2 rings (SSSR count). The molecular weight excluding hydrogens is 204 g/mol. The summed E-state index contributed by atoms with van der Waals surface area (Å²) in [5.41, 5.74) is 0.733. The summed E-state index contributed by atoms with van der Waals surface area (Å²) < 4.78 is 10.7. The van der Waals surface area contributed by atoms with Crippen molar-refractivity contribution < 1.29 is 8.83 Å². The zero-order valence-corrected chi connectivity index (χ0v) is 9.06. The van der Waals surface area contributed by atoms with Crippen LogP contribution < -0.4 is 0 Å². The van der Waals surface area contributed by atoms with Gasteiger partial charge in [-0.15, -0.1) is 0 Å². The van der Waals surface area contributed by atoms with E-state index in [-0.39, 0.29) is 0 Å². The van der Waals surface area contributed by atoms with Gasteiger partial charge in [0.2, 0.25) is 0 Å². The van der Waals surface area contributed by atoms with E-state index in [0.29, 0.717) is 18.7 Å². The topological polar surface area (TPSA) is 63.0 Å². The molecule has 0 saturated heterocycles. The van der Waals surface area contributed by atoms with E-state index in [0.717, 1.165) is 23.6 Å². The van der Waals surface area contributed by atoms with Crippen LogP contribution in [0.2, 0.25) is 0 Å².